The predicted octanol–water partition coefficient (Wildman–Crippen LogP) is -0.722. The van der Waals surface area contributed by atoms with Crippen molar-refractivity contribution >= 4 is 16.0 Å². The van der Waals surface area contributed by atoms with Crippen LogP contribution in [0, 0.1) is 0 Å². The Morgan fingerprint density at radius 2 is 1.88 bits per heavy atom. The molecule has 0 aliphatic rings. The van der Waals surface area contributed by atoms with Crippen molar-refractivity contribution in [1.29, 1.82) is 0 Å². The summed E-state index contributed by atoms with van der Waals surface area (Å²) in [5.74, 6) is -1.14. The molecule has 3 N–H and O–H groups in total. The Bertz CT molecular complexity index is 458. The summed E-state index contributed by atoms with van der Waals surface area (Å²) < 4.78 is 31.3. The predicted molar refractivity (Wildman–Crippen MR) is 55.9 cm³/mol. The minimum Gasteiger partial charge on any atom is -0.364 e. The Morgan fingerprint density at radius 1 is 1.31 bits per heavy atom. The van der Waals surface area contributed by atoms with Crippen LogP contribution < -0.4 is 10.3 Å². The van der Waals surface area contributed by atoms with E-state index in [1.807, 2.05) is 0 Å². The van der Waals surface area contributed by atoms with Crippen molar-refractivity contribution in [3.05, 3.63) is 30.6 Å². The lowest BCUT2D eigenvalue weighted by Gasteiger charge is -2.07. The summed E-state index contributed by atoms with van der Waals surface area (Å²) in [6.45, 7) is 0. The quantitative estimate of drug-likeness (QED) is 0.528. The van der Waals surface area contributed by atoms with E-state index in [2.05, 4.69) is 0 Å². The van der Waals surface area contributed by atoms with Gasteiger partial charge in [0.2, 0.25) is 6.04 Å². The molecule has 1 amide bonds. The number of carbonyl (C=O) groups is 1. The second-order valence-electron chi connectivity index (χ2n) is 3.32. The molecule has 1 heterocycles. The van der Waals surface area contributed by atoms with E-state index in [1.165, 1.54) is 4.57 Å². The van der Waals surface area contributed by atoms with Gasteiger partial charge in [-0.3, -0.25) is 9.35 Å². The summed E-state index contributed by atoms with van der Waals surface area (Å²) in [4.78, 5) is 11.1. The maximum absolute atomic E-state index is 11.1. The molecule has 0 aliphatic carbocycles. The number of nitrogens with two attached hydrogens (primary N) is 1. The van der Waals surface area contributed by atoms with E-state index in [-0.39, 0.29) is 6.42 Å². The van der Waals surface area contributed by atoms with Crippen LogP contribution >= 0.6 is 0 Å². The third-order valence-corrected chi connectivity index (χ3v) is 2.83. The summed E-state index contributed by atoms with van der Waals surface area (Å²) in [6, 6.07) is 4.38. The molecular formula is C9H13N2O4S+. The zero-order valence-corrected chi connectivity index (χ0v) is 9.30. The third-order valence-electron chi connectivity index (χ3n) is 2.08. The molecule has 0 aromatic carbocycles. The van der Waals surface area contributed by atoms with Gasteiger partial charge in [0.05, 0.1) is 5.75 Å². The molecule has 0 fully saturated rings. The third kappa shape index (κ3) is 3.95. The molecule has 16 heavy (non-hydrogen) atoms. The number of amides is 1. The molecule has 0 aliphatic heterocycles. The van der Waals surface area contributed by atoms with Crippen LogP contribution in [0.5, 0.6) is 0 Å². The molecule has 0 spiro atoms. The fourth-order valence-corrected chi connectivity index (χ4v) is 1.84. The molecule has 1 rings (SSSR count). The first-order valence-electron chi connectivity index (χ1n) is 4.60. The van der Waals surface area contributed by atoms with E-state index in [0.717, 1.165) is 0 Å². The molecule has 0 radical (unpaired) electrons. The van der Waals surface area contributed by atoms with Crippen molar-refractivity contribution in [2.75, 3.05) is 5.75 Å². The van der Waals surface area contributed by atoms with Gasteiger partial charge in [-0.1, -0.05) is 6.07 Å². The van der Waals surface area contributed by atoms with Gasteiger partial charge in [-0.2, -0.15) is 13.0 Å². The number of carbonyl (C=O) groups excluding carboxylic acids is 1. The topological polar surface area (TPSA) is 101 Å². The minimum absolute atomic E-state index is 0.0527. The second kappa shape index (κ2) is 5.04. The smallest absolute Gasteiger partial charge is 0.286 e. The Kier molecular flexibility index (Phi) is 3.97. The highest BCUT2D eigenvalue weighted by atomic mass is 32.2. The van der Waals surface area contributed by atoms with Crippen LogP contribution in [-0.2, 0) is 14.9 Å². The first-order valence-corrected chi connectivity index (χ1v) is 6.21. The number of rotatable bonds is 5. The number of aromatic nitrogens is 1. The van der Waals surface area contributed by atoms with Crippen LogP contribution in [0.1, 0.15) is 12.5 Å². The van der Waals surface area contributed by atoms with Gasteiger partial charge in [0.25, 0.3) is 16.0 Å². The lowest BCUT2D eigenvalue weighted by atomic mass is 10.2. The van der Waals surface area contributed by atoms with Crippen molar-refractivity contribution in [1.82, 2.24) is 0 Å². The Hall–Kier alpha value is -1.47. The number of hydrogen-bond donors (Lipinski definition) is 2. The zero-order chi connectivity index (χ0) is 12.2. The molecule has 0 saturated carbocycles. The fourth-order valence-electron chi connectivity index (χ4n) is 1.32. The van der Waals surface area contributed by atoms with E-state index in [1.54, 1.807) is 30.6 Å². The highest BCUT2D eigenvalue weighted by molar-refractivity contribution is 7.85. The van der Waals surface area contributed by atoms with Gasteiger partial charge >= 0.3 is 0 Å². The molecule has 7 heteroatoms. The Labute approximate surface area is 93.5 Å². The van der Waals surface area contributed by atoms with Crippen LogP contribution in [-0.4, -0.2) is 24.6 Å². The number of nitrogens with zero attached hydrogens (tertiary/aromatic N) is 1. The standard InChI is InChI=1S/C9H12N2O4S/c10-9(12)8(4-7-16(13,14)15)11-5-2-1-3-6-11/h1-3,5-6,8H,4,7H2,(H2-,10,12,13,14,15)/p+1. The van der Waals surface area contributed by atoms with Crippen LogP contribution in [0.15, 0.2) is 30.6 Å². The van der Waals surface area contributed by atoms with Crippen molar-refractivity contribution in [2.24, 2.45) is 5.73 Å². The Morgan fingerprint density at radius 3 is 2.31 bits per heavy atom. The van der Waals surface area contributed by atoms with Crippen LogP contribution in [0.4, 0.5) is 0 Å². The highest BCUT2D eigenvalue weighted by Crippen LogP contribution is 2.04. The van der Waals surface area contributed by atoms with Crippen LogP contribution in [0.2, 0.25) is 0 Å². The van der Waals surface area contributed by atoms with Crippen molar-refractivity contribution in [3.63, 3.8) is 0 Å². The molecule has 88 valence electrons. The maximum Gasteiger partial charge on any atom is 0.286 e. The summed E-state index contributed by atoms with van der Waals surface area (Å²) in [5.41, 5.74) is 5.16. The molecular weight excluding hydrogens is 232 g/mol. The maximum atomic E-state index is 11.1. The van der Waals surface area contributed by atoms with E-state index < -0.39 is 27.8 Å². The first-order chi connectivity index (χ1) is 7.40. The summed E-state index contributed by atoms with van der Waals surface area (Å²) in [5, 5.41) is 0. The SMILES string of the molecule is NC(=O)C(CCS(=O)(=O)O)[n+]1ccccc1. The number of primary amides is 1. The average molecular weight is 245 g/mol. The van der Waals surface area contributed by atoms with Gasteiger partial charge < -0.3 is 5.73 Å². The van der Waals surface area contributed by atoms with Crippen LogP contribution in [0.3, 0.4) is 0 Å². The van der Waals surface area contributed by atoms with Gasteiger partial charge in [-0.05, 0) is 0 Å². The fraction of sp³-hybridized carbons (Fsp3) is 0.333. The molecule has 0 bridgehead atoms. The zero-order valence-electron chi connectivity index (χ0n) is 8.48. The molecule has 1 atom stereocenters. The molecule has 1 aromatic rings. The summed E-state index contributed by atoms with van der Waals surface area (Å²) in [7, 11) is -4.08. The second-order valence-corrected chi connectivity index (χ2v) is 4.89. The van der Waals surface area contributed by atoms with E-state index >= 15 is 0 Å². The van der Waals surface area contributed by atoms with Crippen molar-refractivity contribution in [3.8, 4) is 0 Å². The lowest BCUT2D eigenvalue weighted by Crippen LogP contribution is -2.46. The lowest BCUT2D eigenvalue weighted by molar-refractivity contribution is -0.709. The minimum atomic E-state index is -4.08. The van der Waals surface area contributed by atoms with Gasteiger partial charge in [0.15, 0.2) is 12.4 Å². The van der Waals surface area contributed by atoms with Gasteiger partial charge in [-0.25, -0.2) is 0 Å². The summed E-state index contributed by atoms with van der Waals surface area (Å²) >= 11 is 0. The Balaban J connectivity index is 2.81. The van der Waals surface area contributed by atoms with Gasteiger partial charge in [0, 0.05) is 18.6 Å². The van der Waals surface area contributed by atoms with E-state index in [9.17, 15) is 13.2 Å². The number of hydrogen-bond acceptors (Lipinski definition) is 3. The summed E-state index contributed by atoms with van der Waals surface area (Å²) in [6.07, 6.45) is 3.17. The monoisotopic (exact) mass is 245 g/mol. The molecule has 6 nitrogen and oxygen atoms in total. The van der Waals surface area contributed by atoms with Crippen LogP contribution in [0.25, 0.3) is 0 Å². The average Bonchev–Trinajstić information content (AvgIpc) is 2.17. The van der Waals surface area contributed by atoms with Crippen molar-refractivity contribution < 1.29 is 22.3 Å². The molecule has 0 saturated heterocycles. The first kappa shape index (κ1) is 12.6. The van der Waals surface area contributed by atoms with E-state index in [4.69, 9.17) is 10.3 Å². The number of pyridine rings is 1. The highest BCUT2D eigenvalue weighted by Gasteiger charge is 2.26. The molecule has 1 aromatic heterocycles. The van der Waals surface area contributed by atoms with Gasteiger partial charge in [-0.15, -0.1) is 0 Å². The van der Waals surface area contributed by atoms with E-state index in [0.29, 0.717) is 0 Å². The largest absolute Gasteiger partial charge is 0.364 e. The van der Waals surface area contributed by atoms with Gasteiger partial charge in [0.1, 0.15) is 0 Å². The molecule has 1 unspecified atom stereocenters. The van der Waals surface area contributed by atoms with Crippen molar-refractivity contribution in [2.45, 2.75) is 12.5 Å². The normalized spacial score (nSPS) is 13.3.